The van der Waals surface area contributed by atoms with E-state index in [1.54, 1.807) is 17.2 Å². The number of piperidine rings is 1. The maximum absolute atomic E-state index is 12.7. The fraction of sp³-hybridized carbons (Fsp3) is 0.368. The lowest BCUT2D eigenvalue weighted by molar-refractivity contribution is 0.0589. The van der Waals surface area contributed by atoms with Gasteiger partial charge in [0.25, 0.3) is 5.91 Å². The molecule has 1 aliphatic rings. The Balaban J connectivity index is 1.61. The third-order valence-electron chi connectivity index (χ3n) is 4.21. The highest BCUT2D eigenvalue weighted by molar-refractivity contribution is 9.10. The van der Waals surface area contributed by atoms with E-state index >= 15 is 0 Å². The van der Waals surface area contributed by atoms with Crippen molar-refractivity contribution < 1.29 is 14.3 Å². The molecule has 0 spiro atoms. The first-order valence-corrected chi connectivity index (χ1v) is 9.74. The predicted molar refractivity (Wildman–Crippen MR) is 104 cm³/mol. The maximum Gasteiger partial charge on any atom is 0.257 e. The minimum atomic E-state index is -0.100. The first kappa shape index (κ1) is 19.0. The van der Waals surface area contributed by atoms with Crippen LogP contribution in [0.5, 0.6) is 11.5 Å². The summed E-state index contributed by atoms with van der Waals surface area (Å²) >= 11 is 9.41. The molecule has 1 aromatic carbocycles. The molecule has 0 bridgehead atoms. The number of hydrogen-bond donors (Lipinski definition) is 0. The molecule has 1 amide bonds. The summed E-state index contributed by atoms with van der Waals surface area (Å²) in [4.78, 5) is 18.5. The van der Waals surface area contributed by atoms with Gasteiger partial charge >= 0.3 is 0 Å². The summed E-state index contributed by atoms with van der Waals surface area (Å²) in [7, 11) is 0. The number of pyridine rings is 1. The second-order valence-corrected chi connectivity index (χ2v) is 7.25. The number of halogens is 2. The van der Waals surface area contributed by atoms with Crippen LogP contribution in [0.4, 0.5) is 0 Å². The SMILES string of the molecule is CCOc1ccccc1OC1CCN(C(=O)c2cc(Br)cnc2Cl)CC1. The Kier molecular flexibility index (Phi) is 6.38. The van der Waals surface area contributed by atoms with E-state index in [2.05, 4.69) is 20.9 Å². The number of rotatable bonds is 5. The molecule has 138 valence electrons. The van der Waals surface area contributed by atoms with Crippen LogP contribution in [0, 0.1) is 0 Å². The fourth-order valence-corrected chi connectivity index (χ4v) is 3.44. The molecule has 3 rings (SSSR count). The molecule has 2 aromatic rings. The molecule has 1 fully saturated rings. The van der Waals surface area contributed by atoms with Crippen molar-refractivity contribution in [3.8, 4) is 11.5 Å². The summed E-state index contributed by atoms with van der Waals surface area (Å²) in [5.74, 6) is 1.40. The Morgan fingerprint density at radius 3 is 2.69 bits per heavy atom. The lowest BCUT2D eigenvalue weighted by Gasteiger charge is -2.32. The highest BCUT2D eigenvalue weighted by Crippen LogP contribution is 2.30. The first-order chi connectivity index (χ1) is 12.6. The molecule has 0 aliphatic carbocycles. The third-order valence-corrected chi connectivity index (χ3v) is 4.94. The van der Waals surface area contributed by atoms with Crippen molar-refractivity contribution in [3.63, 3.8) is 0 Å². The van der Waals surface area contributed by atoms with Crippen LogP contribution in [-0.4, -0.2) is 41.6 Å². The van der Waals surface area contributed by atoms with Gasteiger partial charge in [0, 0.05) is 36.6 Å². The molecule has 0 saturated carbocycles. The number of para-hydroxylation sites is 2. The zero-order valence-electron chi connectivity index (χ0n) is 14.5. The van der Waals surface area contributed by atoms with Gasteiger partial charge in [0.05, 0.1) is 12.2 Å². The molecule has 1 saturated heterocycles. The van der Waals surface area contributed by atoms with Crippen LogP contribution in [0.3, 0.4) is 0 Å². The molecule has 2 heterocycles. The smallest absolute Gasteiger partial charge is 0.257 e. The van der Waals surface area contributed by atoms with Crippen molar-refractivity contribution in [1.82, 2.24) is 9.88 Å². The summed E-state index contributed by atoms with van der Waals surface area (Å²) < 4.78 is 12.4. The van der Waals surface area contributed by atoms with E-state index < -0.39 is 0 Å². The van der Waals surface area contributed by atoms with Crippen LogP contribution >= 0.6 is 27.5 Å². The lowest BCUT2D eigenvalue weighted by Crippen LogP contribution is -2.42. The topological polar surface area (TPSA) is 51.7 Å². The molecular formula is C19H20BrClN2O3. The van der Waals surface area contributed by atoms with E-state index in [1.807, 2.05) is 31.2 Å². The molecule has 26 heavy (non-hydrogen) atoms. The summed E-state index contributed by atoms with van der Waals surface area (Å²) in [6.07, 6.45) is 3.14. The fourth-order valence-electron chi connectivity index (χ4n) is 2.92. The zero-order chi connectivity index (χ0) is 18.5. The Hall–Kier alpha value is -1.79. The highest BCUT2D eigenvalue weighted by atomic mass is 79.9. The minimum absolute atomic E-state index is 0.0526. The van der Waals surface area contributed by atoms with Crippen LogP contribution in [-0.2, 0) is 0 Å². The van der Waals surface area contributed by atoms with Gasteiger partial charge < -0.3 is 14.4 Å². The minimum Gasteiger partial charge on any atom is -0.490 e. The standard InChI is InChI=1S/C19H20BrClN2O3/c1-2-25-16-5-3-4-6-17(16)26-14-7-9-23(10-8-14)19(24)15-11-13(20)12-22-18(15)21/h3-6,11-12,14H,2,7-10H2,1H3. The number of nitrogens with zero attached hydrogens (tertiary/aromatic N) is 2. The van der Waals surface area contributed by atoms with Gasteiger partial charge in [0.15, 0.2) is 11.5 Å². The number of ether oxygens (including phenoxy) is 2. The number of carbonyl (C=O) groups excluding carboxylic acids is 1. The Morgan fingerprint density at radius 1 is 1.31 bits per heavy atom. The van der Waals surface area contributed by atoms with Gasteiger partial charge in [-0.05, 0) is 41.1 Å². The monoisotopic (exact) mass is 438 g/mol. The van der Waals surface area contributed by atoms with E-state index in [9.17, 15) is 4.79 Å². The summed E-state index contributed by atoms with van der Waals surface area (Å²) in [6, 6.07) is 9.38. The molecule has 1 aromatic heterocycles. The number of carbonyl (C=O) groups is 1. The number of hydrogen-bond acceptors (Lipinski definition) is 4. The van der Waals surface area contributed by atoms with Crippen molar-refractivity contribution in [2.24, 2.45) is 0 Å². The molecular weight excluding hydrogens is 420 g/mol. The predicted octanol–water partition coefficient (Wildman–Crippen LogP) is 4.58. The van der Waals surface area contributed by atoms with E-state index in [1.165, 1.54) is 0 Å². The summed E-state index contributed by atoms with van der Waals surface area (Å²) in [5.41, 5.74) is 0.419. The Labute approximate surface area is 166 Å². The van der Waals surface area contributed by atoms with E-state index in [0.717, 1.165) is 28.8 Å². The molecule has 0 N–H and O–H groups in total. The van der Waals surface area contributed by atoms with Crippen molar-refractivity contribution in [2.45, 2.75) is 25.9 Å². The molecule has 0 unspecified atom stereocenters. The number of amides is 1. The molecule has 0 atom stereocenters. The lowest BCUT2D eigenvalue weighted by atomic mass is 10.1. The van der Waals surface area contributed by atoms with Crippen LogP contribution in [0.25, 0.3) is 0 Å². The van der Waals surface area contributed by atoms with Crippen molar-refractivity contribution >= 4 is 33.4 Å². The van der Waals surface area contributed by atoms with Crippen molar-refractivity contribution in [1.29, 1.82) is 0 Å². The second-order valence-electron chi connectivity index (χ2n) is 5.98. The van der Waals surface area contributed by atoms with Crippen molar-refractivity contribution in [3.05, 3.63) is 51.7 Å². The van der Waals surface area contributed by atoms with Crippen LogP contribution in [0.2, 0.25) is 5.15 Å². The van der Waals surface area contributed by atoms with Crippen LogP contribution in [0.1, 0.15) is 30.1 Å². The van der Waals surface area contributed by atoms with E-state index in [0.29, 0.717) is 25.3 Å². The van der Waals surface area contributed by atoms with Gasteiger partial charge in [-0.15, -0.1) is 0 Å². The second kappa shape index (κ2) is 8.73. The van der Waals surface area contributed by atoms with Gasteiger partial charge in [-0.25, -0.2) is 4.98 Å². The van der Waals surface area contributed by atoms with Gasteiger partial charge in [-0.1, -0.05) is 23.7 Å². The Morgan fingerprint density at radius 2 is 2.00 bits per heavy atom. The largest absolute Gasteiger partial charge is 0.490 e. The zero-order valence-corrected chi connectivity index (χ0v) is 16.8. The van der Waals surface area contributed by atoms with Gasteiger partial charge in [-0.2, -0.15) is 0 Å². The number of likely N-dealkylation sites (tertiary alicyclic amines) is 1. The van der Waals surface area contributed by atoms with E-state index in [4.69, 9.17) is 21.1 Å². The molecule has 7 heteroatoms. The highest BCUT2D eigenvalue weighted by Gasteiger charge is 2.26. The first-order valence-electron chi connectivity index (χ1n) is 8.57. The molecule has 1 aliphatic heterocycles. The normalized spacial score (nSPS) is 15.0. The number of aromatic nitrogens is 1. The number of benzene rings is 1. The van der Waals surface area contributed by atoms with Crippen LogP contribution < -0.4 is 9.47 Å². The summed E-state index contributed by atoms with van der Waals surface area (Å²) in [5, 5.41) is 0.224. The average molecular weight is 440 g/mol. The summed E-state index contributed by atoms with van der Waals surface area (Å²) in [6.45, 7) is 3.77. The van der Waals surface area contributed by atoms with Crippen LogP contribution in [0.15, 0.2) is 41.0 Å². The molecule has 5 nitrogen and oxygen atoms in total. The maximum atomic E-state index is 12.7. The average Bonchev–Trinajstić information content (AvgIpc) is 2.65. The third kappa shape index (κ3) is 4.48. The van der Waals surface area contributed by atoms with Crippen molar-refractivity contribution in [2.75, 3.05) is 19.7 Å². The van der Waals surface area contributed by atoms with Gasteiger partial charge in [0.1, 0.15) is 11.3 Å². The van der Waals surface area contributed by atoms with Gasteiger partial charge in [-0.3, -0.25) is 4.79 Å². The Bertz CT molecular complexity index is 779. The van der Waals surface area contributed by atoms with E-state index in [-0.39, 0.29) is 17.2 Å². The molecule has 0 radical (unpaired) electrons. The van der Waals surface area contributed by atoms with Gasteiger partial charge in [0.2, 0.25) is 0 Å². The quantitative estimate of drug-likeness (QED) is 0.640.